The van der Waals surface area contributed by atoms with Crippen molar-refractivity contribution < 1.29 is 4.79 Å². The summed E-state index contributed by atoms with van der Waals surface area (Å²) in [6, 6.07) is 10.5. The molecule has 1 aliphatic heterocycles. The average Bonchev–Trinajstić information content (AvgIpc) is 3.00. The molecule has 0 unspecified atom stereocenters. The van der Waals surface area contributed by atoms with Gasteiger partial charge in [-0.05, 0) is 45.0 Å². The van der Waals surface area contributed by atoms with Gasteiger partial charge in [0, 0.05) is 6.04 Å². The lowest BCUT2D eigenvalue weighted by Crippen LogP contribution is -2.43. The van der Waals surface area contributed by atoms with E-state index in [2.05, 4.69) is 41.4 Å². The molecular formula is C19H26N4O. The first kappa shape index (κ1) is 16.7. The van der Waals surface area contributed by atoms with Crippen LogP contribution in [0.1, 0.15) is 41.4 Å². The predicted octanol–water partition coefficient (Wildman–Crippen LogP) is 2.32. The van der Waals surface area contributed by atoms with Crippen molar-refractivity contribution in [1.29, 1.82) is 0 Å². The standard InChI is InChI=1S/C19H26N4O/c1-3-18-17(19(24)21-16-9-11-22(2)12-10-16)13-20-23(18)14-15-7-5-4-6-8-15/h4-8,13,16H,3,9-12,14H2,1-2H3,(H,21,24). The van der Waals surface area contributed by atoms with Gasteiger partial charge in [-0.1, -0.05) is 37.3 Å². The molecule has 3 rings (SSSR count). The third-order valence-electron chi connectivity index (χ3n) is 4.76. The Bertz CT molecular complexity index is 672. The maximum Gasteiger partial charge on any atom is 0.254 e. The minimum atomic E-state index is 0.0146. The van der Waals surface area contributed by atoms with Gasteiger partial charge < -0.3 is 10.2 Å². The number of nitrogens with one attached hydrogen (secondary N) is 1. The van der Waals surface area contributed by atoms with Crippen molar-refractivity contribution in [3.8, 4) is 0 Å². The van der Waals surface area contributed by atoms with Gasteiger partial charge in [-0.2, -0.15) is 5.10 Å². The van der Waals surface area contributed by atoms with E-state index in [1.807, 2.05) is 22.9 Å². The molecule has 2 heterocycles. The second kappa shape index (κ2) is 7.62. The van der Waals surface area contributed by atoms with Crippen molar-refractivity contribution in [1.82, 2.24) is 20.0 Å². The molecule has 128 valence electrons. The molecule has 5 heteroatoms. The first-order valence-electron chi connectivity index (χ1n) is 8.75. The van der Waals surface area contributed by atoms with E-state index in [1.165, 1.54) is 5.56 Å². The summed E-state index contributed by atoms with van der Waals surface area (Å²) in [5, 5.41) is 7.64. The van der Waals surface area contributed by atoms with Crippen molar-refractivity contribution in [2.75, 3.05) is 20.1 Å². The number of carbonyl (C=O) groups is 1. The highest BCUT2D eigenvalue weighted by molar-refractivity contribution is 5.95. The Balaban J connectivity index is 1.70. The fourth-order valence-electron chi connectivity index (χ4n) is 3.28. The first-order valence-corrected chi connectivity index (χ1v) is 8.75. The highest BCUT2D eigenvalue weighted by Gasteiger charge is 2.22. The molecule has 1 amide bonds. The Labute approximate surface area is 143 Å². The van der Waals surface area contributed by atoms with Crippen molar-refractivity contribution in [2.45, 2.75) is 38.8 Å². The molecule has 0 bridgehead atoms. The Hall–Kier alpha value is -2.14. The molecule has 1 N–H and O–H groups in total. The Morgan fingerprint density at radius 3 is 2.62 bits per heavy atom. The number of rotatable bonds is 5. The van der Waals surface area contributed by atoms with Gasteiger partial charge in [-0.15, -0.1) is 0 Å². The van der Waals surface area contributed by atoms with Crippen LogP contribution < -0.4 is 5.32 Å². The number of hydrogen-bond acceptors (Lipinski definition) is 3. The van der Waals surface area contributed by atoms with Gasteiger partial charge in [-0.3, -0.25) is 9.48 Å². The molecule has 0 spiro atoms. The van der Waals surface area contributed by atoms with Crippen LogP contribution in [0, 0.1) is 0 Å². The van der Waals surface area contributed by atoms with E-state index in [-0.39, 0.29) is 11.9 Å². The fraction of sp³-hybridized carbons (Fsp3) is 0.474. The summed E-state index contributed by atoms with van der Waals surface area (Å²) >= 11 is 0. The average molecular weight is 326 g/mol. The Kier molecular flexibility index (Phi) is 5.30. The van der Waals surface area contributed by atoms with Crippen LogP contribution in [0.25, 0.3) is 0 Å². The van der Waals surface area contributed by atoms with Crippen molar-refractivity contribution in [2.24, 2.45) is 0 Å². The molecule has 1 aromatic heterocycles. The second-order valence-corrected chi connectivity index (χ2v) is 6.55. The molecule has 2 aromatic rings. The van der Waals surface area contributed by atoms with Crippen LogP contribution in [-0.4, -0.2) is 46.8 Å². The van der Waals surface area contributed by atoms with Crippen LogP contribution in [0.15, 0.2) is 36.5 Å². The molecule has 5 nitrogen and oxygen atoms in total. The Morgan fingerprint density at radius 1 is 1.25 bits per heavy atom. The largest absolute Gasteiger partial charge is 0.349 e. The minimum absolute atomic E-state index is 0.0146. The van der Waals surface area contributed by atoms with Gasteiger partial charge >= 0.3 is 0 Å². The molecule has 1 aliphatic rings. The maximum atomic E-state index is 12.7. The van der Waals surface area contributed by atoms with Crippen LogP contribution in [-0.2, 0) is 13.0 Å². The van der Waals surface area contributed by atoms with E-state index >= 15 is 0 Å². The molecule has 1 saturated heterocycles. The third kappa shape index (κ3) is 3.85. The zero-order chi connectivity index (χ0) is 16.9. The van der Waals surface area contributed by atoms with Gasteiger partial charge in [0.1, 0.15) is 0 Å². The smallest absolute Gasteiger partial charge is 0.254 e. The summed E-state index contributed by atoms with van der Waals surface area (Å²) < 4.78 is 1.94. The van der Waals surface area contributed by atoms with Crippen LogP contribution >= 0.6 is 0 Å². The monoisotopic (exact) mass is 326 g/mol. The lowest BCUT2D eigenvalue weighted by molar-refractivity contribution is 0.0916. The van der Waals surface area contributed by atoms with E-state index in [0.29, 0.717) is 12.1 Å². The molecule has 24 heavy (non-hydrogen) atoms. The number of likely N-dealkylation sites (tertiary alicyclic amines) is 1. The normalized spacial score (nSPS) is 16.2. The number of nitrogens with zero attached hydrogens (tertiary/aromatic N) is 3. The van der Waals surface area contributed by atoms with Crippen molar-refractivity contribution in [3.63, 3.8) is 0 Å². The number of amides is 1. The van der Waals surface area contributed by atoms with Gasteiger partial charge in [0.15, 0.2) is 0 Å². The van der Waals surface area contributed by atoms with Crippen LogP contribution in [0.3, 0.4) is 0 Å². The minimum Gasteiger partial charge on any atom is -0.349 e. The van der Waals surface area contributed by atoms with E-state index < -0.39 is 0 Å². The number of aromatic nitrogens is 2. The van der Waals surface area contributed by atoms with Crippen molar-refractivity contribution in [3.05, 3.63) is 53.3 Å². The van der Waals surface area contributed by atoms with Gasteiger partial charge in [0.2, 0.25) is 0 Å². The summed E-state index contributed by atoms with van der Waals surface area (Å²) in [5.74, 6) is 0.0146. The maximum absolute atomic E-state index is 12.7. The second-order valence-electron chi connectivity index (χ2n) is 6.55. The zero-order valence-corrected chi connectivity index (χ0v) is 14.5. The number of hydrogen-bond donors (Lipinski definition) is 1. The summed E-state index contributed by atoms with van der Waals surface area (Å²) in [7, 11) is 2.13. The number of piperidine rings is 1. The predicted molar refractivity (Wildman–Crippen MR) is 95.1 cm³/mol. The molecule has 0 atom stereocenters. The highest BCUT2D eigenvalue weighted by atomic mass is 16.1. The molecular weight excluding hydrogens is 300 g/mol. The quantitative estimate of drug-likeness (QED) is 0.917. The van der Waals surface area contributed by atoms with Gasteiger partial charge in [-0.25, -0.2) is 0 Å². The zero-order valence-electron chi connectivity index (χ0n) is 14.5. The molecule has 0 aliphatic carbocycles. The van der Waals surface area contributed by atoms with Crippen molar-refractivity contribution >= 4 is 5.91 Å². The number of benzene rings is 1. The molecule has 0 radical (unpaired) electrons. The summed E-state index contributed by atoms with van der Waals surface area (Å²) in [4.78, 5) is 15.0. The Morgan fingerprint density at radius 2 is 1.96 bits per heavy atom. The highest BCUT2D eigenvalue weighted by Crippen LogP contribution is 2.14. The van der Waals surface area contributed by atoms with E-state index in [1.54, 1.807) is 6.20 Å². The SMILES string of the molecule is CCc1c(C(=O)NC2CCN(C)CC2)cnn1Cc1ccccc1. The molecule has 0 saturated carbocycles. The third-order valence-corrected chi connectivity index (χ3v) is 4.76. The number of carbonyl (C=O) groups excluding carboxylic acids is 1. The van der Waals surface area contributed by atoms with Crippen LogP contribution in [0.4, 0.5) is 0 Å². The van der Waals surface area contributed by atoms with E-state index in [4.69, 9.17) is 0 Å². The fourth-order valence-corrected chi connectivity index (χ4v) is 3.28. The van der Waals surface area contributed by atoms with Gasteiger partial charge in [0.05, 0.1) is 24.0 Å². The molecule has 1 fully saturated rings. The van der Waals surface area contributed by atoms with Crippen LogP contribution in [0.5, 0.6) is 0 Å². The lowest BCUT2D eigenvalue weighted by Gasteiger charge is -2.29. The van der Waals surface area contributed by atoms with Gasteiger partial charge in [0.25, 0.3) is 5.91 Å². The summed E-state index contributed by atoms with van der Waals surface area (Å²) in [6.07, 6.45) is 4.54. The van der Waals surface area contributed by atoms with E-state index in [0.717, 1.165) is 38.0 Å². The summed E-state index contributed by atoms with van der Waals surface area (Å²) in [6.45, 7) is 4.86. The van der Waals surface area contributed by atoms with Crippen LogP contribution in [0.2, 0.25) is 0 Å². The van der Waals surface area contributed by atoms with E-state index in [9.17, 15) is 4.79 Å². The molecule has 1 aromatic carbocycles. The topological polar surface area (TPSA) is 50.2 Å². The first-order chi connectivity index (χ1) is 11.7. The summed E-state index contributed by atoms with van der Waals surface area (Å²) in [5.41, 5.74) is 2.91. The lowest BCUT2D eigenvalue weighted by atomic mass is 10.0.